The number of ether oxygens (including phenoxy) is 2. The molecule has 1 aromatic rings. The van der Waals surface area contributed by atoms with E-state index in [0.29, 0.717) is 12.3 Å². The van der Waals surface area contributed by atoms with Gasteiger partial charge >= 0.3 is 0 Å². The highest BCUT2D eigenvalue weighted by atomic mass is 16.5. The Morgan fingerprint density at radius 1 is 1.38 bits per heavy atom. The maximum Gasteiger partial charge on any atom is 0.166 e. The maximum absolute atomic E-state index is 9.98. The van der Waals surface area contributed by atoms with E-state index in [1.807, 2.05) is 12.1 Å². The lowest BCUT2D eigenvalue weighted by molar-refractivity contribution is 0.0832. The minimum Gasteiger partial charge on any atom is -0.493 e. The molecule has 3 aliphatic rings. The van der Waals surface area contributed by atoms with E-state index in [0.717, 1.165) is 24.3 Å². The molecule has 1 aliphatic heterocycles. The SMILES string of the molecule is COc1ccc2c3c1OC1C[C@@H](O)C=CC31CCC(C)C2. The first-order chi connectivity index (χ1) is 10.1. The highest BCUT2D eigenvalue weighted by molar-refractivity contribution is 5.61. The summed E-state index contributed by atoms with van der Waals surface area (Å²) in [5.74, 6) is 2.41. The van der Waals surface area contributed by atoms with Crippen molar-refractivity contribution in [1.82, 2.24) is 0 Å². The average molecular weight is 286 g/mol. The minimum atomic E-state index is -0.398. The van der Waals surface area contributed by atoms with Crippen LogP contribution in [0.25, 0.3) is 0 Å². The zero-order chi connectivity index (χ0) is 14.6. The van der Waals surface area contributed by atoms with Crippen LogP contribution in [-0.2, 0) is 11.8 Å². The molecule has 4 rings (SSSR count). The van der Waals surface area contributed by atoms with Crippen molar-refractivity contribution < 1.29 is 14.6 Å². The minimum absolute atomic E-state index is 0.0350. The summed E-state index contributed by atoms with van der Waals surface area (Å²) < 4.78 is 11.8. The van der Waals surface area contributed by atoms with Crippen molar-refractivity contribution >= 4 is 0 Å². The molecule has 112 valence electrons. The second kappa shape index (κ2) is 4.51. The second-order valence-electron chi connectivity index (χ2n) is 6.79. The standard InChI is InChI=1S/C18H22O3/c1-11-5-7-18-8-6-13(19)10-15(18)21-17-14(20-2)4-3-12(9-11)16(17)18/h3-4,6,8,11,13,15,19H,5,7,9-10H2,1-2H3/t11?,13-,15?,18?/m0/s1. The fraction of sp³-hybridized carbons (Fsp3) is 0.556. The van der Waals surface area contributed by atoms with Gasteiger partial charge in [-0.2, -0.15) is 0 Å². The van der Waals surface area contributed by atoms with Gasteiger partial charge in [0.25, 0.3) is 0 Å². The fourth-order valence-corrected chi connectivity index (χ4v) is 4.33. The zero-order valence-corrected chi connectivity index (χ0v) is 12.6. The van der Waals surface area contributed by atoms with E-state index in [1.54, 1.807) is 7.11 Å². The summed E-state index contributed by atoms with van der Waals surface area (Å²) in [6.45, 7) is 2.32. The van der Waals surface area contributed by atoms with Crippen LogP contribution in [-0.4, -0.2) is 24.4 Å². The van der Waals surface area contributed by atoms with Crippen LogP contribution < -0.4 is 9.47 Å². The number of methoxy groups -OCH3 is 1. The molecule has 0 saturated carbocycles. The summed E-state index contributed by atoms with van der Waals surface area (Å²) in [7, 11) is 1.69. The molecule has 1 N–H and O–H groups in total. The molecule has 3 unspecified atom stereocenters. The van der Waals surface area contributed by atoms with Crippen LogP contribution >= 0.6 is 0 Å². The highest BCUT2D eigenvalue weighted by Crippen LogP contribution is 2.56. The van der Waals surface area contributed by atoms with Crippen molar-refractivity contribution in [1.29, 1.82) is 0 Å². The summed E-state index contributed by atoms with van der Waals surface area (Å²) in [5.41, 5.74) is 2.64. The molecular formula is C18H22O3. The first-order valence-corrected chi connectivity index (χ1v) is 7.88. The molecule has 0 bridgehead atoms. The van der Waals surface area contributed by atoms with Crippen LogP contribution in [0.1, 0.15) is 37.3 Å². The summed E-state index contributed by atoms with van der Waals surface area (Å²) in [4.78, 5) is 0. The number of aliphatic hydroxyl groups excluding tert-OH is 1. The lowest BCUT2D eigenvalue weighted by atomic mass is 9.69. The molecule has 0 aromatic heterocycles. The van der Waals surface area contributed by atoms with Crippen molar-refractivity contribution in [2.75, 3.05) is 7.11 Å². The van der Waals surface area contributed by atoms with Gasteiger partial charge in [0.15, 0.2) is 11.5 Å². The second-order valence-corrected chi connectivity index (χ2v) is 6.79. The van der Waals surface area contributed by atoms with Crippen molar-refractivity contribution in [2.45, 2.75) is 50.2 Å². The Morgan fingerprint density at radius 3 is 3.05 bits per heavy atom. The van der Waals surface area contributed by atoms with Gasteiger partial charge in [0.1, 0.15) is 6.10 Å². The number of benzene rings is 1. The lowest BCUT2D eigenvalue weighted by Crippen LogP contribution is -2.41. The molecule has 0 fully saturated rings. The molecule has 0 radical (unpaired) electrons. The molecular weight excluding hydrogens is 264 g/mol. The molecule has 0 saturated heterocycles. The van der Waals surface area contributed by atoms with E-state index in [-0.39, 0.29) is 11.5 Å². The molecule has 21 heavy (non-hydrogen) atoms. The van der Waals surface area contributed by atoms with Gasteiger partial charge in [-0.25, -0.2) is 0 Å². The molecule has 1 aromatic carbocycles. The number of hydrogen-bond donors (Lipinski definition) is 1. The van der Waals surface area contributed by atoms with Crippen LogP contribution in [0, 0.1) is 5.92 Å². The van der Waals surface area contributed by atoms with Crippen LogP contribution in [0.5, 0.6) is 11.5 Å². The maximum atomic E-state index is 9.98. The first kappa shape index (κ1) is 13.2. The van der Waals surface area contributed by atoms with Gasteiger partial charge in [0.2, 0.25) is 0 Å². The third-order valence-electron chi connectivity index (χ3n) is 5.42. The molecule has 1 heterocycles. The van der Waals surface area contributed by atoms with Crippen LogP contribution in [0.15, 0.2) is 24.3 Å². The average Bonchev–Trinajstić information content (AvgIpc) is 2.72. The van der Waals surface area contributed by atoms with Crippen molar-refractivity contribution in [2.24, 2.45) is 5.92 Å². The lowest BCUT2D eigenvalue weighted by Gasteiger charge is -2.35. The third kappa shape index (κ3) is 1.76. The van der Waals surface area contributed by atoms with E-state index < -0.39 is 6.10 Å². The van der Waals surface area contributed by atoms with Crippen molar-refractivity contribution in [3.8, 4) is 11.5 Å². The van der Waals surface area contributed by atoms with E-state index >= 15 is 0 Å². The van der Waals surface area contributed by atoms with Gasteiger partial charge in [-0.3, -0.25) is 0 Å². The Morgan fingerprint density at radius 2 is 2.24 bits per heavy atom. The van der Waals surface area contributed by atoms with Gasteiger partial charge in [-0.05, 0) is 36.8 Å². The van der Waals surface area contributed by atoms with E-state index in [1.165, 1.54) is 17.5 Å². The Kier molecular flexibility index (Phi) is 2.83. The number of aliphatic hydroxyl groups is 1. The Hall–Kier alpha value is -1.48. The smallest absolute Gasteiger partial charge is 0.166 e. The van der Waals surface area contributed by atoms with Gasteiger partial charge in [-0.15, -0.1) is 0 Å². The third-order valence-corrected chi connectivity index (χ3v) is 5.42. The summed E-state index contributed by atoms with van der Waals surface area (Å²) in [5, 5.41) is 9.98. The Balaban J connectivity index is 1.95. The topological polar surface area (TPSA) is 38.7 Å². The quantitative estimate of drug-likeness (QED) is 0.807. The number of rotatable bonds is 1. The molecule has 3 nitrogen and oxygen atoms in total. The Bertz CT molecular complexity index is 607. The fourth-order valence-electron chi connectivity index (χ4n) is 4.33. The molecule has 4 atom stereocenters. The normalized spacial score (nSPS) is 36.4. The van der Waals surface area contributed by atoms with Crippen LogP contribution in [0.2, 0.25) is 0 Å². The van der Waals surface area contributed by atoms with Gasteiger partial charge in [-0.1, -0.05) is 25.1 Å². The monoisotopic (exact) mass is 286 g/mol. The van der Waals surface area contributed by atoms with E-state index in [9.17, 15) is 5.11 Å². The first-order valence-electron chi connectivity index (χ1n) is 7.88. The largest absolute Gasteiger partial charge is 0.493 e. The van der Waals surface area contributed by atoms with E-state index in [4.69, 9.17) is 9.47 Å². The Labute approximate surface area is 125 Å². The van der Waals surface area contributed by atoms with Crippen molar-refractivity contribution in [3.63, 3.8) is 0 Å². The summed E-state index contributed by atoms with van der Waals surface area (Å²) in [6, 6.07) is 4.23. The van der Waals surface area contributed by atoms with Crippen molar-refractivity contribution in [3.05, 3.63) is 35.4 Å². The summed E-state index contributed by atoms with van der Waals surface area (Å²) >= 11 is 0. The van der Waals surface area contributed by atoms with E-state index in [2.05, 4.69) is 19.1 Å². The van der Waals surface area contributed by atoms with Gasteiger partial charge in [0, 0.05) is 12.0 Å². The molecule has 0 amide bonds. The summed E-state index contributed by atoms with van der Waals surface area (Å²) in [6.07, 6.45) is 7.85. The molecule has 3 heteroatoms. The highest BCUT2D eigenvalue weighted by Gasteiger charge is 2.52. The van der Waals surface area contributed by atoms with Crippen LogP contribution in [0.4, 0.5) is 0 Å². The predicted molar refractivity (Wildman–Crippen MR) is 81.0 cm³/mol. The molecule has 1 spiro atoms. The van der Waals surface area contributed by atoms with Gasteiger partial charge < -0.3 is 14.6 Å². The van der Waals surface area contributed by atoms with Crippen LogP contribution in [0.3, 0.4) is 0 Å². The zero-order valence-electron chi connectivity index (χ0n) is 12.6. The number of hydrogen-bond acceptors (Lipinski definition) is 3. The molecule has 2 aliphatic carbocycles. The van der Waals surface area contributed by atoms with Gasteiger partial charge in [0.05, 0.1) is 18.6 Å². The predicted octanol–water partition coefficient (Wildman–Crippen LogP) is 2.99.